The van der Waals surface area contributed by atoms with Crippen LogP contribution in [0.5, 0.6) is 0 Å². The van der Waals surface area contributed by atoms with Gasteiger partial charge in [0.05, 0.1) is 5.54 Å². The van der Waals surface area contributed by atoms with Gasteiger partial charge in [0.1, 0.15) is 0 Å². The molecule has 3 fully saturated rings. The molecule has 0 aromatic carbocycles. The van der Waals surface area contributed by atoms with E-state index in [4.69, 9.17) is 5.73 Å². The molecule has 110 valence electrons. The molecule has 4 heteroatoms. The predicted molar refractivity (Wildman–Crippen MR) is 79.1 cm³/mol. The van der Waals surface area contributed by atoms with E-state index in [1.807, 2.05) is 0 Å². The van der Waals surface area contributed by atoms with Gasteiger partial charge in [-0.1, -0.05) is 13.8 Å². The minimum absolute atomic E-state index is 0. The molecular formula is C15H27ClN2O. The topological polar surface area (TPSA) is 55.1 Å². The summed E-state index contributed by atoms with van der Waals surface area (Å²) >= 11 is 0. The quantitative estimate of drug-likeness (QED) is 0.815. The standard InChI is InChI=1S/C15H26N2O.ClH/c1-3-15(4-2,8-16)17-14(18)13-11-9-5-6-10(7-9)12(11)13;/h9-13H,3-8,16H2,1-2H3,(H,17,18);1H. The second-order valence-electron chi connectivity index (χ2n) is 6.69. The molecule has 0 aromatic rings. The van der Waals surface area contributed by atoms with E-state index in [9.17, 15) is 4.79 Å². The zero-order valence-electron chi connectivity index (χ0n) is 12.0. The Hall–Kier alpha value is -0.280. The molecule has 4 unspecified atom stereocenters. The van der Waals surface area contributed by atoms with Crippen LogP contribution in [0.25, 0.3) is 0 Å². The monoisotopic (exact) mass is 286 g/mol. The minimum atomic E-state index is -0.160. The van der Waals surface area contributed by atoms with Gasteiger partial charge in [-0.05, 0) is 55.8 Å². The molecule has 0 radical (unpaired) electrons. The van der Waals surface area contributed by atoms with Crippen molar-refractivity contribution in [2.45, 2.75) is 51.5 Å². The summed E-state index contributed by atoms with van der Waals surface area (Å²) in [5, 5.41) is 3.28. The number of carbonyl (C=O) groups is 1. The third-order valence-corrected chi connectivity index (χ3v) is 6.17. The number of rotatable bonds is 5. The Morgan fingerprint density at radius 3 is 2.16 bits per heavy atom. The van der Waals surface area contributed by atoms with E-state index < -0.39 is 0 Å². The fourth-order valence-electron chi connectivity index (χ4n) is 4.79. The highest BCUT2D eigenvalue weighted by molar-refractivity contribution is 5.85. The maximum absolute atomic E-state index is 12.5. The lowest BCUT2D eigenvalue weighted by atomic mass is 9.92. The molecule has 3 aliphatic carbocycles. The number of nitrogens with one attached hydrogen (secondary N) is 1. The highest BCUT2D eigenvalue weighted by Crippen LogP contribution is 2.69. The molecule has 0 aliphatic heterocycles. The van der Waals surface area contributed by atoms with Crippen molar-refractivity contribution >= 4 is 18.3 Å². The van der Waals surface area contributed by atoms with Crippen molar-refractivity contribution in [3.05, 3.63) is 0 Å². The van der Waals surface area contributed by atoms with Crippen molar-refractivity contribution in [3.63, 3.8) is 0 Å². The molecule has 3 aliphatic rings. The van der Waals surface area contributed by atoms with E-state index in [0.717, 1.165) is 36.5 Å². The van der Waals surface area contributed by atoms with Gasteiger partial charge in [-0.15, -0.1) is 12.4 Å². The fraction of sp³-hybridized carbons (Fsp3) is 0.933. The molecule has 2 bridgehead atoms. The van der Waals surface area contributed by atoms with E-state index >= 15 is 0 Å². The first kappa shape index (κ1) is 15.1. The van der Waals surface area contributed by atoms with Gasteiger partial charge in [-0.25, -0.2) is 0 Å². The molecular weight excluding hydrogens is 260 g/mol. The van der Waals surface area contributed by atoms with E-state index in [0.29, 0.717) is 18.4 Å². The second-order valence-corrected chi connectivity index (χ2v) is 6.69. The predicted octanol–water partition coefficient (Wildman–Crippen LogP) is 2.33. The SMILES string of the molecule is CCC(CC)(CN)NC(=O)C1C2C3CCC(C3)C12.Cl. The van der Waals surface area contributed by atoms with Crippen LogP contribution in [0, 0.1) is 29.6 Å². The van der Waals surface area contributed by atoms with Crippen molar-refractivity contribution < 1.29 is 4.79 Å². The maximum Gasteiger partial charge on any atom is 0.224 e. The van der Waals surface area contributed by atoms with Crippen molar-refractivity contribution in [3.8, 4) is 0 Å². The Morgan fingerprint density at radius 1 is 1.21 bits per heavy atom. The molecule has 0 heterocycles. The third kappa shape index (κ3) is 2.19. The van der Waals surface area contributed by atoms with E-state index in [-0.39, 0.29) is 17.9 Å². The lowest BCUT2D eigenvalue weighted by molar-refractivity contribution is -0.125. The van der Waals surface area contributed by atoms with Gasteiger partial charge in [0.2, 0.25) is 5.91 Å². The number of halogens is 1. The zero-order valence-corrected chi connectivity index (χ0v) is 12.8. The van der Waals surface area contributed by atoms with Crippen molar-refractivity contribution in [1.29, 1.82) is 0 Å². The average Bonchev–Trinajstić information content (AvgIpc) is 2.85. The Morgan fingerprint density at radius 2 is 1.74 bits per heavy atom. The second kappa shape index (κ2) is 5.25. The summed E-state index contributed by atoms with van der Waals surface area (Å²) in [4.78, 5) is 12.5. The Balaban J connectivity index is 0.00000133. The van der Waals surface area contributed by atoms with Gasteiger partial charge in [-0.3, -0.25) is 4.79 Å². The van der Waals surface area contributed by atoms with E-state index in [2.05, 4.69) is 19.2 Å². The van der Waals surface area contributed by atoms with Crippen LogP contribution in [0.4, 0.5) is 0 Å². The number of nitrogens with two attached hydrogens (primary N) is 1. The first-order valence-corrected chi connectivity index (χ1v) is 7.68. The molecule has 4 atom stereocenters. The molecule has 3 N–H and O–H groups in total. The van der Waals surface area contributed by atoms with Crippen LogP contribution in [-0.4, -0.2) is 18.0 Å². The molecule has 1 amide bonds. The lowest BCUT2D eigenvalue weighted by Gasteiger charge is -2.32. The normalized spacial score (nSPS) is 38.6. The Bertz CT molecular complexity index is 332. The molecule has 0 saturated heterocycles. The molecule has 3 saturated carbocycles. The third-order valence-electron chi connectivity index (χ3n) is 6.17. The van der Waals surface area contributed by atoms with Gasteiger partial charge in [0, 0.05) is 12.5 Å². The fourth-order valence-corrected chi connectivity index (χ4v) is 4.79. The first-order chi connectivity index (χ1) is 8.65. The highest BCUT2D eigenvalue weighted by atomic mass is 35.5. The first-order valence-electron chi connectivity index (χ1n) is 7.68. The number of fused-ring (bicyclic) bond motifs is 5. The van der Waals surface area contributed by atoms with Gasteiger partial charge in [0.25, 0.3) is 0 Å². The zero-order chi connectivity index (χ0) is 12.9. The van der Waals surface area contributed by atoms with Crippen LogP contribution >= 0.6 is 12.4 Å². The van der Waals surface area contributed by atoms with Gasteiger partial charge in [0.15, 0.2) is 0 Å². The van der Waals surface area contributed by atoms with Crippen molar-refractivity contribution in [2.24, 2.45) is 35.3 Å². The van der Waals surface area contributed by atoms with Crippen LogP contribution in [0.1, 0.15) is 46.0 Å². The Labute approximate surface area is 122 Å². The number of hydrogen-bond acceptors (Lipinski definition) is 2. The lowest BCUT2D eigenvalue weighted by Crippen LogP contribution is -2.53. The molecule has 0 spiro atoms. The molecule has 0 aromatic heterocycles. The van der Waals surface area contributed by atoms with Crippen molar-refractivity contribution in [2.75, 3.05) is 6.54 Å². The van der Waals surface area contributed by atoms with E-state index in [1.165, 1.54) is 19.3 Å². The smallest absolute Gasteiger partial charge is 0.224 e. The summed E-state index contributed by atoms with van der Waals surface area (Å²) in [6, 6.07) is 0. The van der Waals surface area contributed by atoms with Crippen LogP contribution in [-0.2, 0) is 4.79 Å². The number of carbonyl (C=O) groups excluding carboxylic acids is 1. The van der Waals surface area contributed by atoms with Crippen LogP contribution < -0.4 is 11.1 Å². The minimum Gasteiger partial charge on any atom is -0.349 e. The van der Waals surface area contributed by atoms with Gasteiger partial charge >= 0.3 is 0 Å². The summed E-state index contributed by atoms with van der Waals surface area (Å²) < 4.78 is 0. The summed E-state index contributed by atoms with van der Waals surface area (Å²) in [6.07, 6.45) is 6.02. The Kier molecular flexibility index (Phi) is 4.18. The van der Waals surface area contributed by atoms with Gasteiger partial charge < -0.3 is 11.1 Å². The summed E-state index contributed by atoms with van der Waals surface area (Å²) in [5.41, 5.74) is 5.71. The number of amides is 1. The van der Waals surface area contributed by atoms with Crippen LogP contribution in [0.3, 0.4) is 0 Å². The summed E-state index contributed by atoms with van der Waals surface area (Å²) in [7, 11) is 0. The largest absolute Gasteiger partial charge is 0.349 e. The van der Waals surface area contributed by atoms with Crippen LogP contribution in [0.15, 0.2) is 0 Å². The highest BCUT2D eigenvalue weighted by Gasteiger charge is 2.67. The summed E-state index contributed by atoms with van der Waals surface area (Å²) in [6.45, 7) is 4.79. The maximum atomic E-state index is 12.5. The average molecular weight is 287 g/mol. The van der Waals surface area contributed by atoms with Gasteiger partial charge in [-0.2, -0.15) is 0 Å². The molecule has 3 nitrogen and oxygen atoms in total. The van der Waals surface area contributed by atoms with Crippen LogP contribution in [0.2, 0.25) is 0 Å². The van der Waals surface area contributed by atoms with Crippen molar-refractivity contribution in [1.82, 2.24) is 5.32 Å². The molecule has 3 rings (SSSR count). The molecule has 19 heavy (non-hydrogen) atoms. The number of hydrogen-bond donors (Lipinski definition) is 2. The van der Waals surface area contributed by atoms with E-state index in [1.54, 1.807) is 0 Å². The summed E-state index contributed by atoms with van der Waals surface area (Å²) in [5.74, 6) is 3.83.